The minimum Gasteiger partial charge on any atom is -0.374 e. The summed E-state index contributed by atoms with van der Waals surface area (Å²) in [6.45, 7) is 0. The van der Waals surface area contributed by atoms with Crippen LogP contribution in [0, 0.1) is 71.0 Å². The lowest BCUT2D eigenvalue weighted by Crippen LogP contribution is -2.58. The van der Waals surface area contributed by atoms with Gasteiger partial charge in [-0.15, -0.1) is 0 Å². The van der Waals surface area contributed by atoms with Crippen LogP contribution in [0.25, 0.3) is 0 Å². The van der Waals surface area contributed by atoms with Crippen molar-refractivity contribution in [2.24, 2.45) is 71.0 Å². The molecule has 19 atom stereocenters. The van der Waals surface area contributed by atoms with E-state index in [1.165, 1.54) is 199 Å². The predicted octanol–water partition coefficient (Wildman–Crippen LogP) is 12.8. The van der Waals surface area contributed by atoms with Crippen molar-refractivity contribution in [3.8, 4) is 0 Å². The minimum absolute atomic E-state index is 0.561. The molecular formula is C54H85NO3S. The molecule has 4 nitrogen and oxygen atoms in total. The summed E-state index contributed by atoms with van der Waals surface area (Å²) < 4.78 is 21.6. The number of thioether (sulfide) groups is 1. The van der Waals surface area contributed by atoms with Gasteiger partial charge in [-0.25, -0.2) is 0 Å². The molecule has 4 saturated heterocycles. The topological polar surface area (TPSA) is 30.9 Å². The van der Waals surface area contributed by atoms with Crippen molar-refractivity contribution in [2.45, 2.75) is 264 Å². The van der Waals surface area contributed by atoms with Gasteiger partial charge in [-0.3, -0.25) is 4.90 Å². The molecule has 0 bridgehead atoms. The molecule has 5 heteroatoms. The number of fused-ring (bicyclic) bond motifs is 13. The SMILES string of the molecule is C1CCC2C(C1)OC1CC(C3CCC(N(C4CCC(C5CCCC6C7CCC8SC9CCCCC9C8C7OC56)CC4)C4CCCC5OC6CCCCC6C54)CC3)CCC12. The van der Waals surface area contributed by atoms with Crippen molar-refractivity contribution in [3.05, 3.63) is 0 Å². The Morgan fingerprint density at radius 3 is 1.73 bits per heavy atom. The second-order valence-electron chi connectivity index (χ2n) is 24.5. The van der Waals surface area contributed by atoms with E-state index in [9.17, 15) is 0 Å². The highest BCUT2D eigenvalue weighted by molar-refractivity contribution is 8.00. The van der Waals surface area contributed by atoms with Crippen LogP contribution in [0.15, 0.2) is 0 Å². The minimum atomic E-state index is 0.561. The Bertz CT molecular complexity index is 1460. The van der Waals surface area contributed by atoms with E-state index in [4.69, 9.17) is 14.2 Å². The Morgan fingerprint density at radius 1 is 0.322 bits per heavy atom. The number of rotatable bonds is 5. The first-order valence-corrected chi connectivity index (χ1v) is 28.6. The molecule has 0 aromatic rings. The lowest BCUT2D eigenvalue weighted by Gasteiger charge is -2.53. The molecule has 9 saturated carbocycles. The van der Waals surface area contributed by atoms with Crippen LogP contribution in [0.2, 0.25) is 0 Å². The molecule has 0 radical (unpaired) electrons. The maximum atomic E-state index is 7.62. The second-order valence-corrected chi connectivity index (χ2v) is 26.0. The first-order valence-electron chi connectivity index (χ1n) is 27.6. The fourth-order valence-corrected chi connectivity index (χ4v) is 22.2. The van der Waals surface area contributed by atoms with Crippen LogP contribution in [0.1, 0.15) is 199 Å². The summed E-state index contributed by atoms with van der Waals surface area (Å²) in [5.41, 5.74) is 0. The van der Waals surface area contributed by atoms with Crippen LogP contribution in [0.4, 0.5) is 0 Å². The summed E-state index contributed by atoms with van der Waals surface area (Å²) in [7, 11) is 0. The van der Waals surface area contributed by atoms with Gasteiger partial charge in [-0.1, -0.05) is 44.9 Å². The first kappa shape index (κ1) is 39.5. The highest BCUT2D eigenvalue weighted by atomic mass is 32.2. The average molecular weight is 828 g/mol. The van der Waals surface area contributed by atoms with E-state index < -0.39 is 0 Å². The van der Waals surface area contributed by atoms with Gasteiger partial charge in [0.1, 0.15) is 0 Å². The molecule has 13 rings (SSSR count). The third-order valence-corrected chi connectivity index (χ3v) is 24.2. The number of ether oxygens (including phenoxy) is 3. The number of hydrogen-bond donors (Lipinski definition) is 0. The summed E-state index contributed by atoms with van der Waals surface area (Å²) in [6, 6.07) is 2.43. The van der Waals surface area contributed by atoms with Crippen LogP contribution in [0.3, 0.4) is 0 Å². The fourth-order valence-electron chi connectivity index (χ4n) is 20.1. The Hall–Kier alpha value is 0.190. The molecule has 13 fully saturated rings. The number of hydrogen-bond acceptors (Lipinski definition) is 5. The zero-order chi connectivity index (χ0) is 38.6. The van der Waals surface area contributed by atoms with Crippen molar-refractivity contribution in [1.29, 1.82) is 0 Å². The van der Waals surface area contributed by atoms with Crippen LogP contribution in [-0.4, -0.2) is 70.1 Å². The van der Waals surface area contributed by atoms with E-state index in [2.05, 4.69) is 16.7 Å². The zero-order valence-corrected chi connectivity index (χ0v) is 38.1. The van der Waals surface area contributed by atoms with E-state index >= 15 is 0 Å². The van der Waals surface area contributed by atoms with Gasteiger partial charge < -0.3 is 14.2 Å². The van der Waals surface area contributed by atoms with Crippen molar-refractivity contribution in [3.63, 3.8) is 0 Å². The van der Waals surface area contributed by atoms with E-state index in [0.717, 1.165) is 99.6 Å². The summed E-state index contributed by atoms with van der Waals surface area (Å²) in [6.07, 6.45) is 49.0. The molecule has 4 heterocycles. The van der Waals surface area contributed by atoms with Gasteiger partial charge in [0, 0.05) is 40.5 Å². The summed E-state index contributed by atoms with van der Waals surface area (Å²) in [5.74, 6) is 10.8. The molecule has 59 heavy (non-hydrogen) atoms. The van der Waals surface area contributed by atoms with Gasteiger partial charge in [0.15, 0.2) is 0 Å². The Morgan fingerprint density at radius 2 is 0.898 bits per heavy atom. The molecule has 0 spiro atoms. The standard InChI is InChI=1S/C54H85NO3S/c1-4-15-45-38(9-1)39-28-23-34(31-48(39)57-45)32-19-24-35(25-20-32)55(44-14-8-17-47-51(44)42-10-2-5-16-46(42)56-47)36-26-21-33(22-27-36)37-12-7-13-40-41-29-30-50-52(54(41)58-53(37)40)43-11-3-6-18-49(43)59-50/h32-54H,1-31H2. The van der Waals surface area contributed by atoms with Crippen molar-refractivity contribution in [2.75, 3.05) is 0 Å². The molecule has 0 N–H and O–H groups in total. The van der Waals surface area contributed by atoms with E-state index in [-0.39, 0.29) is 0 Å². The fraction of sp³-hybridized carbons (Fsp3) is 1.00. The zero-order valence-electron chi connectivity index (χ0n) is 37.3. The molecule has 9 aliphatic carbocycles. The van der Waals surface area contributed by atoms with Gasteiger partial charge in [0.05, 0.1) is 36.6 Å². The van der Waals surface area contributed by atoms with Crippen LogP contribution < -0.4 is 0 Å². The Kier molecular flexibility index (Phi) is 11.1. The van der Waals surface area contributed by atoms with Crippen LogP contribution >= 0.6 is 11.8 Å². The second kappa shape index (κ2) is 16.6. The quantitative estimate of drug-likeness (QED) is 0.276. The molecule has 13 aliphatic rings. The normalized spacial score (nSPS) is 56.8. The Balaban J connectivity index is 0.704. The Labute approximate surface area is 364 Å². The van der Waals surface area contributed by atoms with Gasteiger partial charge in [-0.2, -0.15) is 11.8 Å². The maximum absolute atomic E-state index is 7.62. The maximum Gasteiger partial charge on any atom is 0.0652 e. The molecule has 0 aromatic heterocycles. The number of nitrogens with zero attached hydrogens (tertiary/aromatic N) is 1. The highest BCUT2D eigenvalue weighted by Gasteiger charge is 2.60. The van der Waals surface area contributed by atoms with Crippen molar-refractivity contribution < 1.29 is 14.2 Å². The molecule has 4 aliphatic heterocycles. The van der Waals surface area contributed by atoms with Crippen molar-refractivity contribution in [1.82, 2.24) is 4.90 Å². The van der Waals surface area contributed by atoms with Crippen LogP contribution in [-0.2, 0) is 14.2 Å². The monoisotopic (exact) mass is 828 g/mol. The lowest BCUT2D eigenvalue weighted by molar-refractivity contribution is -0.0816. The third kappa shape index (κ3) is 6.90. The van der Waals surface area contributed by atoms with Gasteiger partial charge in [0.25, 0.3) is 0 Å². The van der Waals surface area contributed by atoms with E-state index in [1.807, 2.05) is 0 Å². The summed E-state index contributed by atoms with van der Waals surface area (Å²) >= 11 is 2.44. The summed E-state index contributed by atoms with van der Waals surface area (Å²) in [5, 5.41) is 1.90. The highest BCUT2D eigenvalue weighted by Crippen LogP contribution is 2.62. The average Bonchev–Trinajstić information content (AvgIpc) is 4.06. The third-order valence-electron chi connectivity index (χ3n) is 22.4. The lowest BCUT2D eigenvalue weighted by atomic mass is 9.62. The van der Waals surface area contributed by atoms with Crippen LogP contribution in [0.5, 0.6) is 0 Å². The molecule has 330 valence electrons. The summed E-state index contributed by atoms with van der Waals surface area (Å²) in [4.78, 5) is 3.37. The van der Waals surface area contributed by atoms with E-state index in [0.29, 0.717) is 36.6 Å². The molecule has 19 unspecified atom stereocenters. The largest absolute Gasteiger partial charge is 0.374 e. The molecule has 0 aromatic carbocycles. The molecular weight excluding hydrogens is 743 g/mol. The van der Waals surface area contributed by atoms with Gasteiger partial charge in [-0.05, 0) is 213 Å². The smallest absolute Gasteiger partial charge is 0.0652 e. The van der Waals surface area contributed by atoms with Gasteiger partial charge in [0.2, 0.25) is 0 Å². The van der Waals surface area contributed by atoms with Crippen molar-refractivity contribution >= 4 is 11.8 Å². The van der Waals surface area contributed by atoms with E-state index in [1.54, 1.807) is 0 Å². The first-order chi connectivity index (χ1) is 29.2. The molecule has 0 amide bonds. The van der Waals surface area contributed by atoms with Gasteiger partial charge >= 0.3 is 0 Å². The predicted molar refractivity (Wildman–Crippen MR) is 239 cm³/mol.